The molecule has 3 rings (SSSR count). The van der Waals surface area contributed by atoms with Crippen molar-refractivity contribution in [2.45, 2.75) is 18.9 Å². The molecule has 1 aliphatic carbocycles. The SMILES string of the molecule is O=C(NC(C(=O)O)C1CC1)c1ccc2n[nH]nc2c1. The highest BCUT2D eigenvalue weighted by Crippen LogP contribution is 2.32. The summed E-state index contributed by atoms with van der Waals surface area (Å²) in [7, 11) is 0. The summed E-state index contributed by atoms with van der Waals surface area (Å²) in [6.45, 7) is 0. The molecule has 1 aromatic heterocycles. The normalized spacial score (nSPS) is 16.2. The van der Waals surface area contributed by atoms with E-state index in [1.54, 1.807) is 18.2 Å². The number of carboxylic acid groups (broad SMARTS) is 1. The van der Waals surface area contributed by atoms with Crippen LogP contribution in [0.25, 0.3) is 11.0 Å². The molecule has 1 heterocycles. The number of aromatic nitrogens is 3. The van der Waals surface area contributed by atoms with Gasteiger partial charge in [-0.3, -0.25) is 4.79 Å². The van der Waals surface area contributed by atoms with Gasteiger partial charge in [-0.2, -0.15) is 15.4 Å². The minimum absolute atomic E-state index is 0.0530. The van der Waals surface area contributed by atoms with E-state index < -0.39 is 17.9 Å². The summed E-state index contributed by atoms with van der Waals surface area (Å²) in [6.07, 6.45) is 1.69. The number of hydrogen-bond acceptors (Lipinski definition) is 4. The second kappa shape index (κ2) is 4.34. The largest absolute Gasteiger partial charge is 0.480 e. The van der Waals surface area contributed by atoms with Gasteiger partial charge in [-0.05, 0) is 37.0 Å². The summed E-state index contributed by atoms with van der Waals surface area (Å²) in [4.78, 5) is 23.1. The quantitative estimate of drug-likeness (QED) is 0.744. The molecule has 0 radical (unpaired) electrons. The minimum atomic E-state index is -0.988. The number of aromatic amines is 1. The molecule has 98 valence electrons. The van der Waals surface area contributed by atoms with Crippen LogP contribution in [0.2, 0.25) is 0 Å². The lowest BCUT2D eigenvalue weighted by atomic mass is 10.1. The van der Waals surface area contributed by atoms with Crippen molar-refractivity contribution in [2.75, 3.05) is 0 Å². The average Bonchev–Trinajstić information content (AvgIpc) is 3.11. The van der Waals surface area contributed by atoms with Gasteiger partial charge in [0.1, 0.15) is 17.1 Å². The first-order valence-corrected chi connectivity index (χ1v) is 5.99. The number of hydrogen-bond donors (Lipinski definition) is 3. The van der Waals surface area contributed by atoms with Gasteiger partial charge in [0, 0.05) is 5.56 Å². The third kappa shape index (κ3) is 2.26. The van der Waals surface area contributed by atoms with Crippen molar-refractivity contribution in [2.24, 2.45) is 5.92 Å². The van der Waals surface area contributed by atoms with Gasteiger partial charge in [-0.15, -0.1) is 0 Å². The Morgan fingerprint density at radius 3 is 2.74 bits per heavy atom. The molecule has 1 atom stereocenters. The topological polar surface area (TPSA) is 108 Å². The molecule has 7 nitrogen and oxygen atoms in total. The van der Waals surface area contributed by atoms with E-state index in [9.17, 15) is 9.59 Å². The van der Waals surface area contributed by atoms with Gasteiger partial charge in [0.15, 0.2) is 0 Å². The minimum Gasteiger partial charge on any atom is -0.480 e. The Kier molecular flexibility index (Phi) is 2.66. The number of nitrogens with one attached hydrogen (secondary N) is 2. The standard InChI is InChI=1S/C12H12N4O3/c17-11(13-10(12(18)19)6-1-2-6)7-3-4-8-9(5-7)15-16-14-8/h3-6,10H,1-2H2,(H,13,17)(H,18,19)(H,14,15,16). The van der Waals surface area contributed by atoms with E-state index in [1.807, 2.05) is 0 Å². The van der Waals surface area contributed by atoms with Crippen LogP contribution in [0.1, 0.15) is 23.2 Å². The highest BCUT2D eigenvalue weighted by atomic mass is 16.4. The zero-order valence-electron chi connectivity index (χ0n) is 9.96. The number of carboxylic acids is 1. The van der Waals surface area contributed by atoms with E-state index in [1.165, 1.54) is 0 Å². The number of carbonyl (C=O) groups is 2. The molecule has 0 saturated heterocycles. The van der Waals surface area contributed by atoms with E-state index in [0.717, 1.165) is 12.8 Å². The number of carbonyl (C=O) groups excluding carboxylic acids is 1. The Bertz CT molecular complexity index is 647. The number of nitrogens with zero attached hydrogens (tertiary/aromatic N) is 2. The van der Waals surface area contributed by atoms with Crippen molar-refractivity contribution in [3.05, 3.63) is 23.8 Å². The molecular weight excluding hydrogens is 248 g/mol. The van der Waals surface area contributed by atoms with Crippen LogP contribution >= 0.6 is 0 Å². The number of fused-ring (bicyclic) bond motifs is 1. The Balaban J connectivity index is 1.80. The summed E-state index contributed by atoms with van der Waals surface area (Å²) in [6, 6.07) is 4.05. The van der Waals surface area contributed by atoms with Gasteiger partial charge in [0.2, 0.25) is 0 Å². The van der Waals surface area contributed by atoms with Crippen molar-refractivity contribution in [3.8, 4) is 0 Å². The smallest absolute Gasteiger partial charge is 0.326 e. The van der Waals surface area contributed by atoms with E-state index in [2.05, 4.69) is 20.7 Å². The Hall–Kier alpha value is -2.44. The van der Waals surface area contributed by atoms with Gasteiger partial charge < -0.3 is 10.4 Å². The predicted octanol–water partition coefficient (Wildman–Crippen LogP) is 0.551. The summed E-state index contributed by atoms with van der Waals surface area (Å²) in [5, 5.41) is 21.9. The molecule has 0 aliphatic heterocycles. The Labute approximate surface area is 108 Å². The predicted molar refractivity (Wildman–Crippen MR) is 65.5 cm³/mol. The molecule has 1 unspecified atom stereocenters. The van der Waals surface area contributed by atoms with Crippen LogP contribution in [0.3, 0.4) is 0 Å². The summed E-state index contributed by atoms with van der Waals surface area (Å²) in [5.74, 6) is -1.33. The van der Waals surface area contributed by atoms with Crippen LogP contribution in [-0.4, -0.2) is 38.4 Å². The number of H-pyrrole nitrogens is 1. The maximum Gasteiger partial charge on any atom is 0.326 e. The van der Waals surface area contributed by atoms with Gasteiger partial charge in [0.05, 0.1) is 0 Å². The molecule has 1 aliphatic rings. The monoisotopic (exact) mass is 260 g/mol. The zero-order chi connectivity index (χ0) is 13.4. The van der Waals surface area contributed by atoms with Crippen LogP contribution in [0.5, 0.6) is 0 Å². The second-order valence-electron chi connectivity index (χ2n) is 4.65. The van der Waals surface area contributed by atoms with E-state index in [4.69, 9.17) is 5.11 Å². The first-order chi connectivity index (χ1) is 9.15. The molecule has 1 amide bonds. The maximum atomic E-state index is 12.0. The number of rotatable bonds is 4. The lowest BCUT2D eigenvalue weighted by Crippen LogP contribution is -2.42. The van der Waals surface area contributed by atoms with Gasteiger partial charge in [-0.1, -0.05) is 0 Å². The fourth-order valence-electron chi connectivity index (χ4n) is 2.02. The number of aliphatic carboxylic acids is 1. The van der Waals surface area contributed by atoms with E-state index >= 15 is 0 Å². The molecule has 0 spiro atoms. The number of amides is 1. The van der Waals surface area contributed by atoms with Crippen molar-refractivity contribution < 1.29 is 14.7 Å². The number of benzene rings is 1. The van der Waals surface area contributed by atoms with Crippen molar-refractivity contribution in [1.29, 1.82) is 0 Å². The van der Waals surface area contributed by atoms with E-state index in [-0.39, 0.29) is 5.92 Å². The molecule has 7 heteroatoms. The van der Waals surface area contributed by atoms with Crippen LogP contribution in [0.15, 0.2) is 18.2 Å². The third-order valence-corrected chi connectivity index (χ3v) is 3.22. The molecule has 1 aromatic carbocycles. The molecule has 2 aromatic rings. The van der Waals surface area contributed by atoms with Crippen molar-refractivity contribution in [3.63, 3.8) is 0 Å². The lowest BCUT2D eigenvalue weighted by Gasteiger charge is -2.13. The summed E-state index contributed by atoms with van der Waals surface area (Å²) < 4.78 is 0. The zero-order valence-corrected chi connectivity index (χ0v) is 9.96. The van der Waals surface area contributed by atoms with Gasteiger partial charge >= 0.3 is 5.97 Å². The first kappa shape index (κ1) is 11.6. The molecular formula is C12H12N4O3. The fraction of sp³-hybridized carbons (Fsp3) is 0.333. The van der Waals surface area contributed by atoms with Crippen LogP contribution < -0.4 is 5.32 Å². The third-order valence-electron chi connectivity index (χ3n) is 3.22. The highest BCUT2D eigenvalue weighted by molar-refractivity contribution is 5.99. The molecule has 0 bridgehead atoms. The average molecular weight is 260 g/mol. The van der Waals surface area contributed by atoms with Crippen LogP contribution in [0, 0.1) is 5.92 Å². The molecule has 1 saturated carbocycles. The maximum absolute atomic E-state index is 12.0. The van der Waals surface area contributed by atoms with Crippen LogP contribution in [-0.2, 0) is 4.79 Å². The van der Waals surface area contributed by atoms with Gasteiger partial charge in [0.25, 0.3) is 5.91 Å². The summed E-state index contributed by atoms with van der Waals surface area (Å²) >= 11 is 0. The lowest BCUT2D eigenvalue weighted by molar-refractivity contribution is -0.139. The van der Waals surface area contributed by atoms with E-state index in [0.29, 0.717) is 16.6 Å². The summed E-state index contributed by atoms with van der Waals surface area (Å²) in [5.41, 5.74) is 1.62. The van der Waals surface area contributed by atoms with Crippen LogP contribution in [0.4, 0.5) is 0 Å². The second-order valence-corrected chi connectivity index (χ2v) is 4.65. The molecule has 3 N–H and O–H groups in total. The first-order valence-electron chi connectivity index (χ1n) is 5.99. The Morgan fingerprint density at radius 1 is 1.32 bits per heavy atom. The fourth-order valence-corrected chi connectivity index (χ4v) is 2.02. The highest BCUT2D eigenvalue weighted by Gasteiger charge is 2.37. The molecule has 19 heavy (non-hydrogen) atoms. The van der Waals surface area contributed by atoms with Crippen molar-refractivity contribution >= 4 is 22.9 Å². The van der Waals surface area contributed by atoms with Gasteiger partial charge in [-0.25, -0.2) is 4.79 Å². The Morgan fingerprint density at radius 2 is 2.05 bits per heavy atom. The van der Waals surface area contributed by atoms with Crippen molar-refractivity contribution in [1.82, 2.24) is 20.7 Å². The molecule has 1 fully saturated rings.